The van der Waals surface area contributed by atoms with E-state index < -0.39 is 18.2 Å². The molecule has 1 N–H and O–H groups in total. The van der Waals surface area contributed by atoms with Gasteiger partial charge >= 0.3 is 5.97 Å². The summed E-state index contributed by atoms with van der Waals surface area (Å²) in [5.74, 6) is -1.36. The number of nitrogens with zero attached hydrogens (tertiary/aromatic N) is 2. The smallest absolute Gasteiger partial charge is 0.317 e. The van der Waals surface area contributed by atoms with E-state index in [1.165, 1.54) is 26.0 Å². The molecule has 0 aliphatic carbocycles. The minimum Gasteiger partial charge on any atom is -0.497 e. The van der Waals surface area contributed by atoms with Crippen LogP contribution < -0.4 is 4.74 Å². The van der Waals surface area contributed by atoms with E-state index in [1.807, 2.05) is 6.26 Å². The van der Waals surface area contributed by atoms with E-state index in [2.05, 4.69) is 9.97 Å². The standard InChI is InChI=1S/C17H20N2O5S/c1-22-11-7-5-10(6-8-11)13(15(20)21)14-12(16(23-2)24-3)9-18-17(19-14)25-4/h5-9,13,16H,1-4H3,(H,20,21). The zero-order valence-electron chi connectivity index (χ0n) is 14.4. The molecular formula is C17H20N2O5S. The van der Waals surface area contributed by atoms with Crippen LogP contribution in [0.15, 0.2) is 35.6 Å². The van der Waals surface area contributed by atoms with Crippen molar-refractivity contribution in [3.05, 3.63) is 47.3 Å². The molecule has 8 heteroatoms. The number of thioether (sulfide) groups is 1. The average Bonchev–Trinajstić information content (AvgIpc) is 2.64. The van der Waals surface area contributed by atoms with Crippen molar-refractivity contribution in [2.75, 3.05) is 27.6 Å². The first-order valence-corrected chi connectivity index (χ1v) is 8.61. The fraction of sp³-hybridized carbons (Fsp3) is 0.353. The lowest BCUT2D eigenvalue weighted by molar-refractivity contribution is -0.138. The van der Waals surface area contributed by atoms with E-state index in [1.54, 1.807) is 37.6 Å². The van der Waals surface area contributed by atoms with E-state index in [-0.39, 0.29) is 0 Å². The van der Waals surface area contributed by atoms with Crippen molar-refractivity contribution in [1.29, 1.82) is 0 Å². The van der Waals surface area contributed by atoms with Gasteiger partial charge in [-0.3, -0.25) is 4.79 Å². The lowest BCUT2D eigenvalue weighted by Crippen LogP contribution is -2.20. The highest BCUT2D eigenvalue weighted by molar-refractivity contribution is 7.98. The fourth-order valence-corrected chi connectivity index (χ4v) is 2.81. The quantitative estimate of drug-likeness (QED) is 0.434. The monoisotopic (exact) mass is 364 g/mol. The molecule has 0 spiro atoms. The van der Waals surface area contributed by atoms with Gasteiger partial charge in [0.15, 0.2) is 11.4 Å². The molecule has 2 rings (SSSR count). The molecule has 134 valence electrons. The molecule has 25 heavy (non-hydrogen) atoms. The van der Waals surface area contributed by atoms with Crippen LogP contribution in [-0.4, -0.2) is 48.6 Å². The first kappa shape index (κ1) is 19.2. The first-order chi connectivity index (χ1) is 12.0. The maximum Gasteiger partial charge on any atom is 0.317 e. The van der Waals surface area contributed by atoms with Crippen LogP contribution in [0.25, 0.3) is 0 Å². The molecule has 0 fully saturated rings. The molecule has 2 aromatic rings. The highest BCUT2D eigenvalue weighted by Crippen LogP contribution is 2.32. The lowest BCUT2D eigenvalue weighted by Gasteiger charge is -2.21. The Bertz CT molecular complexity index is 719. The summed E-state index contributed by atoms with van der Waals surface area (Å²) >= 11 is 1.33. The highest BCUT2D eigenvalue weighted by Gasteiger charge is 2.30. The normalized spacial score (nSPS) is 12.2. The van der Waals surface area contributed by atoms with Crippen LogP contribution in [-0.2, 0) is 14.3 Å². The van der Waals surface area contributed by atoms with E-state index in [0.29, 0.717) is 27.7 Å². The Morgan fingerprint density at radius 1 is 1.16 bits per heavy atom. The van der Waals surface area contributed by atoms with Crippen LogP contribution in [0.5, 0.6) is 5.75 Å². The van der Waals surface area contributed by atoms with Gasteiger partial charge in [0.25, 0.3) is 0 Å². The van der Waals surface area contributed by atoms with E-state index in [0.717, 1.165) is 0 Å². The van der Waals surface area contributed by atoms with Gasteiger partial charge in [-0.1, -0.05) is 23.9 Å². The van der Waals surface area contributed by atoms with Gasteiger partial charge in [-0.15, -0.1) is 0 Å². The summed E-state index contributed by atoms with van der Waals surface area (Å²) in [5, 5.41) is 10.3. The highest BCUT2D eigenvalue weighted by atomic mass is 32.2. The topological polar surface area (TPSA) is 90.8 Å². The second-order valence-electron chi connectivity index (χ2n) is 5.05. The minimum atomic E-state index is -1.02. The molecule has 0 aliphatic heterocycles. The summed E-state index contributed by atoms with van der Waals surface area (Å²) in [4.78, 5) is 20.7. The van der Waals surface area contributed by atoms with Gasteiger partial charge in [0.1, 0.15) is 11.7 Å². The van der Waals surface area contributed by atoms with Gasteiger partial charge in [0.05, 0.1) is 12.8 Å². The molecule has 0 aliphatic rings. The van der Waals surface area contributed by atoms with Crippen molar-refractivity contribution in [2.24, 2.45) is 0 Å². The maximum absolute atomic E-state index is 12.0. The average molecular weight is 364 g/mol. The van der Waals surface area contributed by atoms with Gasteiger partial charge in [-0.2, -0.15) is 0 Å². The van der Waals surface area contributed by atoms with Crippen LogP contribution in [0.3, 0.4) is 0 Å². The van der Waals surface area contributed by atoms with Crippen LogP contribution in [0.4, 0.5) is 0 Å². The van der Waals surface area contributed by atoms with Crippen LogP contribution >= 0.6 is 11.8 Å². The number of aliphatic carboxylic acids is 1. The van der Waals surface area contributed by atoms with Crippen molar-refractivity contribution in [3.63, 3.8) is 0 Å². The van der Waals surface area contributed by atoms with Crippen molar-refractivity contribution in [2.45, 2.75) is 17.4 Å². The molecule has 7 nitrogen and oxygen atoms in total. The predicted molar refractivity (Wildman–Crippen MR) is 93.0 cm³/mol. The second-order valence-corrected chi connectivity index (χ2v) is 5.82. The summed E-state index contributed by atoms with van der Waals surface area (Å²) in [6.45, 7) is 0. The summed E-state index contributed by atoms with van der Waals surface area (Å²) in [6, 6.07) is 6.84. The molecule has 1 heterocycles. The Balaban J connectivity index is 2.60. The largest absolute Gasteiger partial charge is 0.497 e. The summed E-state index contributed by atoms with van der Waals surface area (Å²) in [6.07, 6.45) is 2.61. The number of carbonyl (C=O) groups is 1. The molecule has 0 bridgehead atoms. The number of hydrogen-bond acceptors (Lipinski definition) is 7. The van der Waals surface area contributed by atoms with Gasteiger partial charge < -0.3 is 19.3 Å². The summed E-state index contributed by atoms with van der Waals surface area (Å²) in [7, 11) is 4.51. The van der Waals surface area contributed by atoms with Crippen LogP contribution in [0.2, 0.25) is 0 Å². The first-order valence-electron chi connectivity index (χ1n) is 7.38. The number of aromatic nitrogens is 2. The Kier molecular flexibility index (Phi) is 6.74. The van der Waals surface area contributed by atoms with E-state index in [4.69, 9.17) is 14.2 Å². The lowest BCUT2D eigenvalue weighted by atomic mass is 9.92. The molecule has 0 saturated carbocycles. The van der Waals surface area contributed by atoms with Crippen LogP contribution in [0, 0.1) is 0 Å². The number of ether oxygens (including phenoxy) is 3. The Labute approximate surface area is 150 Å². The van der Waals surface area contributed by atoms with E-state index in [9.17, 15) is 9.90 Å². The Morgan fingerprint density at radius 2 is 1.80 bits per heavy atom. The summed E-state index contributed by atoms with van der Waals surface area (Å²) in [5.41, 5.74) is 1.39. The molecule has 1 aromatic carbocycles. The minimum absolute atomic E-state index is 0.339. The van der Waals surface area contributed by atoms with E-state index >= 15 is 0 Å². The molecule has 0 radical (unpaired) electrons. The number of rotatable bonds is 8. The third-order valence-electron chi connectivity index (χ3n) is 3.66. The van der Waals surface area contributed by atoms with Crippen molar-refractivity contribution >= 4 is 17.7 Å². The molecule has 1 unspecified atom stereocenters. The van der Waals surface area contributed by atoms with Crippen LogP contribution in [0.1, 0.15) is 29.0 Å². The Morgan fingerprint density at radius 3 is 2.28 bits per heavy atom. The molecule has 1 atom stereocenters. The van der Waals surface area contributed by atoms with Gasteiger partial charge in [0.2, 0.25) is 0 Å². The van der Waals surface area contributed by atoms with Gasteiger partial charge in [0, 0.05) is 26.0 Å². The number of methoxy groups -OCH3 is 3. The second kappa shape index (κ2) is 8.80. The third-order valence-corrected chi connectivity index (χ3v) is 4.22. The van der Waals surface area contributed by atoms with Gasteiger partial charge in [-0.05, 0) is 24.0 Å². The number of hydrogen-bond donors (Lipinski definition) is 1. The number of benzene rings is 1. The maximum atomic E-state index is 12.0. The third kappa shape index (κ3) is 4.28. The Hall–Kier alpha value is -2.16. The zero-order chi connectivity index (χ0) is 18.4. The van der Waals surface area contributed by atoms with Crippen molar-refractivity contribution < 1.29 is 24.1 Å². The molecular weight excluding hydrogens is 344 g/mol. The SMILES string of the molecule is COc1ccc(C(C(=O)O)c2nc(SC)ncc2C(OC)OC)cc1. The summed E-state index contributed by atoms with van der Waals surface area (Å²) < 4.78 is 15.7. The van der Waals surface area contributed by atoms with Gasteiger partial charge in [-0.25, -0.2) is 9.97 Å². The number of carboxylic acids is 1. The van der Waals surface area contributed by atoms with Crippen molar-refractivity contribution in [3.8, 4) is 5.75 Å². The predicted octanol–water partition coefficient (Wildman–Crippen LogP) is 2.72. The molecule has 0 amide bonds. The molecule has 1 aromatic heterocycles. The zero-order valence-corrected chi connectivity index (χ0v) is 15.2. The van der Waals surface area contributed by atoms with Crippen molar-refractivity contribution in [1.82, 2.24) is 9.97 Å². The fourth-order valence-electron chi connectivity index (χ4n) is 2.46. The molecule has 0 saturated heterocycles. The number of carboxylic acid groups (broad SMARTS) is 1.